The van der Waals surface area contributed by atoms with Crippen molar-refractivity contribution in [1.29, 1.82) is 0 Å². The average Bonchev–Trinajstić information content (AvgIpc) is 2.71. The summed E-state index contributed by atoms with van der Waals surface area (Å²) in [7, 11) is 1.63. The Labute approximate surface area is 165 Å². The van der Waals surface area contributed by atoms with Gasteiger partial charge in [0.25, 0.3) is 11.5 Å². The molecule has 0 saturated carbocycles. The largest absolute Gasteiger partial charge is 0.497 e. The molecule has 1 aromatic carbocycles. The first-order valence-corrected chi connectivity index (χ1v) is 9.90. The van der Waals surface area contributed by atoms with Crippen molar-refractivity contribution in [2.75, 3.05) is 26.7 Å². The van der Waals surface area contributed by atoms with E-state index < -0.39 is 0 Å². The zero-order chi connectivity index (χ0) is 19.9. The minimum atomic E-state index is -0.299. The van der Waals surface area contributed by atoms with E-state index in [1.807, 2.05) is 37.3 Å². The summed E-state index contributed by atoms with van der Waals surface area (Å²) in [6.07, 6.45) is 4.74. The van der Waals surface area contributed by atoms with Gasteiger partial charge in [-0.15, -0.1) is 0 Å². The molecule has 2 heterocycles. The molecule has 6 heteroatoms. The summed E-state index contributed by atoms with van der Waals surface area (Å²) >= 11 is 0. The molecule has 0 aliphatic carbocycles. The standard InChI is InChI=1S/C22H29N3O3/c1-16-10-13-25(15-18-4-3-11-23-14-18)22(27)20(16)21(26)24-12-9-17-5-7-19(28-2)8-6-17/h5-8,10,13,18,23H,3-4,9,11-12,14-15H2,1-2H3,(H,24,26). The number of ether oxygens (including phenoxy) is 1. The van der Waals surface area contributed by atoms with Crippen LogP contribution in [0.1, 0.15) is 34.3 Å². The Morgan fingerprint density at radius 1 is 1.29 bits per heavy atom. The zero-order valence-electron chi connectivity index (χ0n) is 16.7. The van der Waals surface area contributed by atoms with Gasteiger partial charge in [-0.3, -0.25) is 9.59 Å². The topological polar surface area (TPSA) is 72.4 Å². The van der Waals surface area contributed by atoms with Gasteiger partial charge in [0.1, 0.15) is 11.3 Å². The molecule has 150 valence electrons. The van der Waals surface area contributed by atoms with E-state index in [-0.39, 0.29) is 17.0 Å². The van der Waals surface area contributed by atoms with E-state index in [0.717, 1.165) is 37.2 Å². The summed E-state index contributed by atoms with van der Waals surface area (Å²) < 4.78 is 6.83. The summed E-state index contributed by atoms with van der Waals surface area (Å²) in [5.41, 5.74) is 1.87. The van der Waals surface area contributed by atoms with Crippen molar-refractivity contribution in [2.24, 2.45) is 5.92 Å². The Hall–Kier alpha value is -2.60. The molecule has 0 spiro atoms. The van der Waals surface area contributed by atoms with Crippen LogP contribution in [-0.4, -0.2) is 37.2 Å². The number of pyridine rings is 1. The molecule has 2 N–H and O–H groups in total. The predicted octanol–water partition coefficient (Wildman–Crippen LogP) is 2.14. The summed E-state index contributed by atoms with van der Waals surface area (Å²) in [6, 6.07) is 9.61. The first kappa shape index (κ1) is 20.1. The van der Waals surface area contributed by atoms with E-state index in [0.29, 0.717) is 31.0 Å². The number of nitrogens with zero attached hydrogens (tertiary/aromatic N) is 1. The maximum atomic E-state index is 12.9. The van der Waals surface area contributed by atoms with E-state index in [2.05, 4.69) is 10.6 Å². The van der Waals surface area contributed by atoms with Gasteiger partial charge in [-0.1, -0.05) is 12.1 Å². The number of piperidine rings is 1. The van der Waals surface area contributed by atoms with E-state index in [4.69, 9.17) is 4.74 Å². The number of benzene rings is 1. The monoisotopic (exact) mass is 383 g/mol. The number of nitrogens with one attached hydrogen (secondary N) is 2. The molecule has 28 heavy (non-hydrogen) atoms. The number of carbonyl (C=O) groups excluding carboxylic acids is 1. The molecule has 3 rings (SSSR count). The number of carbonyl (C=O) groups is 1. The van der Waals surface area contributed by atoms with Gasteiger partial charge in [-0.05, 0) is 74.5 Å². The molecule has 1 saturated heterocycles. The molecule has 1 unspecified atom stereocenters. The average molecular weight is 383 g/mol. The third-order valence-electron chi connectivity index (χ3n) is 5.31. The van der Waals surface area contributed by atoms with Crippen LogP contribution in [0, 0.1) is 12.8 Å². The van der Waals surface area contributed by atoms with Gasteiger partial charge in [-0.25, -0.2) is 0 Å². The molecule has 0 radical (unpaired) electrons. The van der Waals surface area contributed by atoms with Gasteiger partial charge in [0.05, 0.1) is 7.11 Å². The number of aromatic nitrogens is 1. The molecule has 2 aromatic rings. The van der Waals surface area contributed by atoms with Crippen LogP contribution in [0.4, 0.5) is 0 Å². The minimum absolute atomic E-state index is 0.201. The Balaban J connectivity index is 1.63. The number of aryl methyl sites for hydroxylation is 1. The van der Waals surface area contributed by atoms with Crippen molar-refractivity contribution in [2.45, 2.75) is 32.7 Å². The van der Waals surface area contributed by atoms with E-state index >= 15 is 0 Å². The Bertz CT molecular complexity index is 852. The Morgan fingerprint density at radius 3 is 2.75 bits per heavy atom. The lowest BCUT2D eigenvalue weighted by Crippen LogP contribution is -2.38. The smallest absolute Gasteiger partial charge is 0.263 e. The molecule has 1 aliphatic heterocycles. The fraction of sp³-hybridized carbons (Fsp3) is 0.455. The van der Waals surface area contributed by atoms with Gasteiger partial charge >= 0.3 is 0 Å². The first-order valence-electron chi connectivity index (χ1n) is 9.90. The highest BCUT2D eigenvalue weighted by Crippen LogP contribution is 2.13. The first-order chi connectivity index (χ1) is 13.6. The second-order valence-corrected chi connectivity index (χ2v) is 7.40. The van der Waals surface area contributed by atoms with Crippen molar-refractivity contribution >= 4 is 5.91 Å². The van der Waals surface area contributed by atoms with E-state index in [9.17, 15) is 9.59 Å². The molecule has 1 aromatic heterocycles. The van der Waals surface area contributed by atoms with Gasteiger partial charge in [-0.2, -0.15) is 0 Å². The highest BCUT2D eigenvalue weighted by molar-refractivity contribution is 5.95. The van der Waals surface area contributed by atoms with Crippen LogP contribution in [0.3, 0.4) is 0 Å². The van der Waals surface area contributed by atoms with Crippen LogP contribution >= 0.6 is 0 Å². The van der Waals surface area contributed by atoms with Gasteiger partial charge < -0.3 is 19.9 Å². The third kappa shape index (κ3) is 5.01. The van der Waals surface area contributed by atoms with Crippen LogP contribution < -0.4 is 20.9 Å². The number of hydrogen-bond acceptors (Lipinski definition) is 4. The summed E-state index contributed by atoms with van der Waals surface area (Å²) in [5.74, 6) is 0.939. The normalized spacial score (nSPS) is 16.6. The summed E-state index contributed by atoms with van der Waals surface area (Å²) in [5, 5.41) is 6.26. The summed E-state index contributed by atoms with van der Waals surface area (Å²) in [6.45, 7) is 4.90. The van der Waals surface area contributed by atoms with Crippen molar-refractivity contribution in [3.63, 3.8) is 0 Å². The highest BCUT2D eigenvalue weighted by atomic mass is 16.5. The van der Waals surface area contributed by atoms with Crippen LogP contribution in [-0.2, 0) is 13.0 Å². The molecule has 6 nitrogen and oxygen atoms in total. The molecular formula is C22H29N3O3. The van der Waals surface area contributed by atoms with E-state index in [1.165, 1.54) is 0 Å². The summed E-state index contributed by atoms with van der Waals surface area (Å²) in [4.78, 5) is 25.5. The van der Waals surface area contributed by atoms with Crippen molar-refractivity contribution in [3.05, 3.63) is 63.6 Å². The second-order valence-electron chi connectivity index (χ2n) is 7.40. The maximum Gasteiger partial charge on any atom is 0.263 e. The molecule has 1 amide bonds. The van der Waals surface area contributed by atoms with Gasteiger partial charge in [0.15, 0.2) is 0 Å². The lowest BCUT2D eigenvalue weighted by Gasteiger charge is -2.23. The van der Waals surface area contributed by atoms with Crippen LogP contribution in [0.15, 0.2) is 41.3 Å². The lowest BCUT2D eigenvalue weighted by atomic mass is 9.99. The third-order valence-corrected chi connectivity index (χ3v) is 5.31. The molecular weight excluding hydrogens is 354 g/mol. The quantitative estimate of drug-likeness (QED) is 0.768. The zero-order valence-corrected chi connectivity index (χ0v) is 16.7. The van der Waals surface area contributed by atoms with Crippen molar-refractivity contribution in [3.8, 4) is 5.75 Å². The predicted molar refractivity (Wildman–Crippen MR) is 110 cm³/mol. The van der Waals surface area contributed by atoms with E-state index in [1.54, 1.807) is 17.9 Å². The lowest BCUT2D eigenvalue weighted by molar-refractivity contribution is 0.0951. The van der Waals surface area contributed by atoms with Crippen LogP contribution in [0.25, 0.3) is 0 Å². The number of rotatable bonds is 7. The molecule has 1 aliphatic rings. The van der Waals surface area contributed by atoms with Gasteiger partial charge in [0, 0.05) is 19.3 Å². The van der Waals surface area contributed by atoms with Crippen LogP contribution in [0.2, 0.25) is 0 Å². The number of methoxy groups -OCH3 is 1. The van der Waals surface area contributed by atoms with Gasteiger partial charge in [0.2, 0.25) is 0 Å². The highest BCUT2D eigenvalue weighted by Gasteiger charge is 2.18. The minimum Gasteiger partial charge on any atom is -0.497 e. The SMILES string of the molecule is COc1ccc(CCNC(=O)c2c(C)ccn(CC3CCCNC3)c2=O)cc1. The van der Waals surface area contributed by atoms with Crippen molar-refractivity contribution < 1.29 is 9.53 Å². The molecule has 0 bridgehead atoms. The fourth-order valence-corrected chi connectivity index (χ4v) is 3.64. The van der Waals surface area contributed by atoms with Crippen molar-refractivity contribution in [1.82, 2.24) is 15.2 Å². The Morgan fingerprint density at radius 2 is 2.07 bits per heavy atom. The second kappa shape index (κ2) is 9.55. The number of hydrogen-bond donors (Lipinski definition) is 2. The maximum absolute atomic E-state index is 12.9. The molecule has 1 atom stereocenters. The Kier molecular flexibility index (Phi) is 6.87. The number of amides is 1. The fourth-order valence-electron chi connectivity index (χ4n) is 3.64. The van der Waals surface area contributed by atoms with Crippen LogP contribution in [0.5, 0.6) is 5.75 Å². The molecule has 1 fully saturated rings.